The molecular formula is C15H21N3O2. The summed E-state index contributed by atoms with van der Waals surface area (Å²) in [5.41, 5.74) is 8.19. The second kappa shape index (κ2) is 6.05. The molecule has 20 heavy (non-hydrogen) atoms. The molecule has 0 radical (unpaired) electrons. The van der Waals surface area contributed by atoms with Crippen molar-refractivity contribution in [1.82, 2.24) is 10.1 Å². The highest BCUT2D eigenvalue weighted by Gasteiger charge is 2.11. The van der Waals surface area contributed by atoms with E-state index in [0.29, 0.717) is 17.5 Å². The lowest BCUT2D eigenvalue weighted by Gasteiger charge is -2.04. The van der Waals surface area contributed by atoms with E-state index in [0.717, 1.165) is 36.0 Å². The molecule has 0 amide bonds. The van der Waals surface area contributed by atoms with Crippen LogP contribution in [0.1, 0.15) is 36.8 Å². The summed E-state index contributed by atoms with van der Waals surface area (Å²) in [4.78, 5) is 4.39. The number of phenols is 1. The Bertz CT molecular complexity index is 568. The monoisotopic (exact) mass is 275 g/mol. The van der Waals surface area contributed by atoms with Gasteiger partial charge in [0.05, 0.1) is 0 Å². The summed E-state index contributed by atoms with van der Waals surface area (Å²) in [5, 5.41) is 13.8. The Morgan fingerprint density at radius 3 is 2.55 bits per heavy atom. The molecule has 108 valence electrons. The molecule has 0 bridgehead atoms. The van der Waals surface area contributed by atoms with E-state index in [4.69, 9.17) is 10.3 Å². The third kappa shape index (κ3) is 3.36. The van der Waals surface area contributed by atoms with E-state index in [2.05, 4.69) is 10.1 Å². The van der Waals surface area contributed by atoms with Gasteiger partial charge in [0.1, 0.15) is 5.75 Å². The van der Waals surface area contributed by atoms with Crippen LogP contribution in [0.2, 0.25) is 0 Å². The quantitative estimate of drug-likeness (QED) is 0.876. The molecule has 0 spiro atoms. The molecular weight excluding hydrogens is 254 g/mol. The molecule has 0 aliphatic heterocycles. The maximum absolute atomic E-state index is 9.77. The molecule has 5 nitrogen and oxygen atoms in total. The van der Waals surface area contributed by atoms with Crippen molar-refractivity contribution in [2.24, 2.45) is 5.73 Å². The topological polar surface area (TPSA) is 85.2 Å². The zero-order valence-corrected chi connectivity index (χ0v) is 12.2. The molecule has 2 aromatic rings. The van der Waals surface area contributed by atoms with Gasteiger partial charge in [0.2, 0.25) is 11.7 Å². The smallest absolute Gasteiger partial charge is 0.226 e. The van der Waals surface area contributed by atoms with Crippen LogP contribution in [0.5, 0.6) is 5.75 Å². The van der Waals surface area contributed by atoms with E-state index in [1.807, 2.05) is 32.9 Å². The maximum Gasteiger partial charge on any atom is 0.226 e. The molecule has 0 saturated heterocycles. The average molecular weight is 275 g/mol. The number of rotatable bonds is 5. The van der Waals surface area contributed by atoms with Crippen LogP contribution in [0.3, 0.4) is 0 Å². The Labute approximate surface area is 118 Å². The van der Waals surface area contributed by atoms with Crippen molar-refractivity contribution in [3.63, 3.8) is 0 Å². The van der Waals surface area contributed by atoms with Gasteiger partial charge in [0.15, 0.2) is 0 Å². The van der Waals surface area contributed by atoms with Gasteiger partial charge >= 0.3 is 0 Å². The number of hydrogen-bond donors (Lipinski definition) is 2. The average Bonchev–Trinajstić information content (AvgIpc) is 2.83. The Kier molecular flexibility index (Phi) is 4.39. The van der Waals surface area contributed by atoms with Gasteiger partial charge in [-0.1, -0.05) is 5.16 Å². The fourth-order valence-corrected chi connectivity index (χ4v) is 2.13. The normalized spacial score (nSPS) is 12.6. The highest BCUT2D eigenvalue weighted by atomic mass is 16.5. The lowest BCUT2D eigenvalue weighted by atomic mass is 10.1. The van der Waals surface area contributed by atoms with Crippen LogP contribution in [-0.2, 0) is 6.42 Å². The van der Waals surface area contributed by atoms with Crippen molar-refractivity contribution in [1.29, 1.82) is 0 Å². The minimum absolute atomic E-state index is 0.194. The number of nitrogens with zero attached hydrogens (tertiary/aromatic N) is 2. The minimum atomic E-state index is 0.194. The van der Waals surface area contributed by atoms with Gasteiger partial charge in [-0.2, -0.15) is 4.98 Å². The summed E-state index contributed by atoms with van der Waals surface area (Å²) in [5.74, 6) is 1.51. The number of phenolic OH excluding ortho intramolecular Hbond substituents is 1. The third-order valence-corrected chi connectivity index (χ3v) is 3.27. The number of nitrogens with two attached hydrogens (primary N) is 1. The first-order valence-corrected chi connectivity index (χ1v) is 6.86. The summed E-state index contributed by atoms with van der Waals surface area (Å²) in [6.45, 7) is 5.70. The number of hydrogen-bond acceptors (Lipinski definition) is 5. The van der Waals surface area contributed by atoms with E-state index in [1.54, 1.807) is 0 Å². The molecule has 2 rings (SSSR count). The van der Waals surface area contributed by atoms with Gasteiger partial charge in [0.25, 0.3) is 0 Å². The lowest BCUT2D eigenvalue weighted by molar-refractivity contribution is 0.373. The number of aromatic hydroxyl groups is 1. The van der Waals surface area contributed by atoms with E-state index in [-0.39, 0.29) is 6.04 Å². The van der Waals surface area contributed by atoms with Crippen LogP contribution < -0.4 is 5.73 Å². The van der Waals surface area contributed by atoms with Crippen LogP contribution in [0.25, 0.3) is 11.4 Å². The van der Waals surface area contributed by atoms with Gasteiger partial charge in [-0.25, -0.2) is 0 Å². The predicted octanol–water partition coefficient (Wildman–Crippen LogP) is 2.73. The fraction of sp³-hybridized carbons (Fsp3) is 0.467. The van der Waals surface area contributed by atoms with Crippen molar-refractivity contribution in [3.05, 3.63) is 29.2 Å². The summed E-state index contributed by atoms with van der Waals surface area (Å²) in [7, 11) is 0. The Morgan fingerprint density at radius 1 is 1.30 bits per heavy atom. The standard InChI is InChI=1S/C15H21N3O2/c1-9-7-12(8-10(2)14(9)19)15-17-13(20-18-15)6-4-5-11(3)16/h7-8,11,19H,4-6,16H2,1-3H3. The largest absolute Gasteiger partial charge is 0.507 e. The summed E-state index contributed by atoms with van der Waals surface area (Å²) in [6, 6.07) is 3.91. The molecule has 0 aliphatic carbocycles. The van der Waals surface area contributed by atoms with Crippen LogP contribution in [0, 0.1) is 13.8 Å². The highest BCUT2D eigenvalue weighted by Crippen LogP contribution is 2.27. The fourth-order valence-electron chi connectivity index (χ4n) is 2.13. The summed E-state index contributed by atoms with van der Waals surface area (Å²) in [6.07, 6.45) is 2.62. The Balaban J connectivity index is 2.12. The molecule has 1 unspecified atom stereocenters. The summed E-state index contributed by atoms with van der Waals surface area (Å²) >= 11 is 0. The van der Waals surface area contributed by atoms with Crippen molar-refractivity contribution in [3.8, 4) is 17.1 Å². The van der Waals surface area contributed by atoms with Crippen molar-refractivity contribution < 1.29 is 9.63 Å². The van der Waals surface area contributed by atoms with Gasteiger partial charge in [-0.3, -0.25) is 0 Å². The first-order chi connectivity index (χ1) is 9.47. The molecule has 3 N–H and O–H groups in total. The molecule has 1 aromatic carbocycles. The first-order valence-electron chi connectivity index (χ1n) is 6.86. The lowest BCUT2D eigenvalue weighted by Crippen LogP contribution is -2.14. The first kappa shape index (κ1) is 14.5. The van der Waals surface area contributed by atoms with Gasteiger partial charge in [-0.15, -0.1) is 0 Å². The van der Waals surface area contributed by atoms with Crippen molar-refractivity contribution >= 4 is 0 Å². The second-order valence-corrected chi connectivity index (χ2v) is 5.34. The SMILES string of the molecule is Cc1cc(-c2noc(CCCC(C)N)n2)cc(C)c1O. The number of aromatic nitrogens is 2. The predicted molar refractivity (Wildman–Crippen MR) is 77.5 cm³/mol. The zero-order chi connectivity index (χ0) is 14.7. The van der Waals surface area contributed by atoms with Gasteiger partial charge < -0.3 is 15.4 Å². The molecule has 5 heteroatoms. The van der Waals surface area contributed by atoms with Crippen molar-refractivity contribution in [2.75, 3.05) is 0 Å². The highest BCUT2D eigenvalue weighted by molar-refractivity contribution is 5.60. The number of aryl methyl sites for hydroxylation is 3. The molecule has 1 heterocycles. The van der Waals surface area contributed by atoms with Crippen molar-refractivity contribution in [2.45, 2.75) is 46.1 Å². The van der Waals surface area contributed by atoms with E-state index >= 15 is 0 Å². The molecule has 0 aliphatic rings. The van der Waals surface area contributed by atoms with Gasteiger partial charge in [0, 0.05) is 18.0 Å². The summed E-state index contributed by atoms with van der Waals surface area (Å²) < 4.78 is 5.25. The minimum Gasteiger partial charge on any atom is -0.507 e. The molecule has 0 fully saturated rings. The number of benzene rings is 1. The van der Waals surface area contributed by atoms with Crippen LogP contribution in [0.4, 0.5) is 0 Å². The van der Waals surface area contributed by atoms with Crippen LogP contribution in [0.15, 0.2) is 16.7 Å². The Morgan fingerprint density at radius 2 is 1.95 bits per heavy atom. The van der Waals surface area contributed by atoms with E-state index in [1.165, 1.54) is 0 Å². The zero-order valence-electron chi connectivity index (χ0n) is 12.2. The van der Waals surface area contributed by atoms with Crippen LogP contribution >= 0.6 is 0 Å². The van der Waals surface area contributed by atoms with E-state index in [9.17, 15) is 5.11 Å². The maximum atomic E-state index is 9.77. The second-order valence-electron chi connectivity index (χ2n) is 5.34. The molecule has 0 saturated carbocycles. The molecule has 1 aromatic heterocycles. The van der Waals surface area contributed by atoms with E-state index < -0.39 is 0 Å². The van der Waals surface area contributed by atoms with Gasteiger partial charge in [-0.05, 0) is 56.9 Å². The third-order valence-electron chi connectivity index (χ3n) is 3.27. The Hall–Kier alpha value is -1.88. The van der Waals surface area contributed by atoms with Crippen LogP contribution in [-0.4, -0.2) is 21.3 Å². The molecule has 1 atom stereocenters.